The van der Waals surface area contributed by atoms with Crippen LogP contribution in [0.1, 0.15) is 34.9 Å². The molecule has 2 nitrogen and oxygen atoms in total. The topological polar surface area (TPSA) is 29.1 Å². The van der Waals surface area contributed by atoms with Gasteiger partial charge in [0, 0.05) is 19.0 Å². The van der Waals surface area contributed by atoms with E-state index < -0.39 is 0 Å². The Hall–Kier alpha value is -1.93. The average Bonchev–Trinajstić information content (AvgIpc) is 3.35. The maximum atomic E-state index is 12.9. The summed E-state index contributed by atoms with van der Waals surface area (Å²) >= 11 is 0. The molecule has 21 heavy (non-hydrogen) atoms. The Bertz CT molecular complexity index is 664. The molecule has 2 aromatic carbocycles. The Morgan fingerprint density at radius 3 is 2.62 bits per heavy atom. The largest absolute Gasteiger partial charge is 0.312 e. The van der Waals surface area contributed by atoms with Crippen molar-refractivity contribution < 1.29 is 4.79 Å². The molecule has 1 fully saturated rings. The molecule has 4 rings (SSSR count). The van der Waals surface area contributed by atoms with Crippen molar-refractivity contribution in [3.8, 4) is 0 Å². The molecule has 0 aromatic heterocycles. The number of ketones is 1. The van der Waals surface area contributed by atoms with Gasteiger partial charge in [0.1, 0.15) is 5.78 Å². The maximum absolute atomic E-state index is 12.9. The van der Waals surface area contributed by atoms with Crippen LogP contribution in [0.25, 0.3) is 0 Å². The number of fused-ring (bicyclic) bond motifs is 1. The number of carbonyl (C=O) groups excluding carboxylic acids is 1. The van der Waals surface area contributed by atoms with Crippen molar-refractivity contribution >= 4 is 5.78 Å². The first-order valence-corrected chi connectivity index (χ1v) is 7.72. The van der Waals surface area contributed by atoms with Gasteiger partial charge in [-0.3, -0.25) is 4.79 Å². The van der Waals surface area contributed by atoms with Crippen LogP contribution in [0.5, 0.6) is 0 Å². The monoisotopic (exact) mass is 277 g/mol. The summed E-state index contributed by atoms with van der Waals surface area (Å²) in [7, 11) is 0. The first kappa shape index (κ1) is 12.8. The molecule has 0 amide bonds. The first-order valence-electron chi connectivity index (χ1n) is 7.72. The number of hydrogen-bond donors (Lipinski definition) is 1. The molecule has 1 aliphatic carbocycles. The van der Waals surface area contributed by atoms with Crippen LogP contribution in [0.15, 0.2) is 54.6 Å². The lowest BCUT2D eigenvalue weighted by molar-refractivity contribution is -0.121. The Kier molecular flexibility index (Phi) is 3.12. The van der Waals surface area contributed by atoms with Crippen LogP contribution in [0.2, 0.25) is 0 Å². The lowest BCUT2D eigenvalue weighted by Gasteiger charge is -2.25. The summed E-state index contributed by atoms with van der Waals surface area (Å²) in [6.45, 7) is 1.67. The predicted octanol–water partition coefficient (Wildman–Crippen LogP) is 3.25. The molecule has 2 aliphatic rings. The number of hydrogen-bond acceptors (Lipinski definition) is 2. The number of nitrogens with one attached hydrogen (secondary N) is 1. The number of carbonyl (C=O) groups is 1. The number of Topliss-reactive ketones (excluding diaryl/α,β-unsaturated/α-hetero) is 1. The summed E-state index contributed by atoms with van der Waals surface area (Å²) in [6.07, 6.45) is 1.02. The van der Waals surface area contributed by atoms with Crippen LogP contribution in [-0.2, 0) is 11.3 Å². The van der Waals surface area contributed by atoms with Crippen LogP contribution in [0.3, 0.4) is 0 Å². The molecule has 1 N–H and O–H groups in total. The van der Waals surface area contributed by atoms with E-state index in [4.69, 9.17) is 0 Å². The molecule has 3 unspecified atom stereocenters. The van der Waals surface area contributed by atoms with Crippen molar-refractivity contribution in [2.24, 2.45) is 5.92 Å². The summed E-state index contributed by atoms with van der Waals surface area (Å²) in [5.74, 6) is 1.11. The van der Waals surface area contributed by atoms with Crippen LogP contribution in [0, 0.1) is 5.92 Å². The highest BCUT2D eigenvalue weighted by Crippen LogP contribution is 2.50. The second kappa shape index (κ2) is 5.12. The van der Waals surface area contributed by atoms with E-state index in [0.717, 1.165) is 19.5 Å². The molecule has 2 aromatic rings. The first-order chi connectivity index (χ1) is 10.3. The second-order valence-electron chi connectivity index (χ2n) is 6.14. The highest BCUT2D eigenvalue weighted by molar-refractivity contribution is 5.91. The Labute approximate surface area is 125 Å². The molecular weight excluding hydrogens is 258 g/mol. The average molecular weight is 277 g/mol. The van der Waals surface area contributed by atoms with Gasteiger partial charge in [-0.05, 0) is 29.0 Å². The van der Waals surface area contributed by atoms with Gasteiger partial charge in [0.15, 0.2) is 0 Å². The van der Waals surface area contributed by atoms with Gasteiger partial charge in [-0.2, -0.15) is 0 Å². The zero-order chi connectivity index (χ0) is 14.2. The van der Waals surface area contributed by atoms with Crippen molar-refractivity contribution in [1.29, 1.82) is 0 Å². The molecule has 0 radical (unpaired) electrons. The quantitative estimate of drug-likeness (QED) is 0.933. The van der Waals surface area contributed by atoms with E-state index >= 15 is 0 Å². The molecule has 1 aliphatic heterocycles. The molecule has 106 valence electrons. The predicted molar refractivity (Wildman–Crippen MR) is 83.2 cm³/mol. The van der Waals surface area contributed by atoms with E-state index in [1.165, 1.54) is 16.7 Å². The van der Waals surface area contributed by atoms with Crippen molar-refractivity contribution in [2.45, 2.75) is 24.8 Å². The van der Waals surface area contributed by atoms with Crippen molar-refractivity contribution in [3.05, 3.63) is 71.3 Å². The van der Waals surface area contributed by atoms with Crippen molar-refractivity contribution in [3.63, 3.8) is 0 Å². The fourth-order valence-electron chi connectivity index (χ4n) is 3.59. The van der Waals surface area contributed by atoms with Gasteiger partial charge >= 0.3 is 0 Å². The highest BCUT2D eigenvalue weighted by atomic mass is 16.1. The summed E-state index contributed by atoms with van der Waals surface area (Å²) in [5.41, 5.74) is 3.83. The molecule has 0 spiro atoms. The van der Waals surface area contributed by atoms with E-state index in [9.17, 15) is 4.79 Å². The minimum absolute atomic E-state index is 0.0358. The lowest BCUT2D eigenvalue weighted by atomic mass is 9.85. The third kappa shape index (κ3) is 2.30. The van der Waals surface area contributed by atoms with E-state index in [2.05, 4.69) is 47.8 Å². The molecule has 1 heterocycles. The van der Waals surface area contributed by atoms with Gasteiger partial charge in [-0.15, -0.1) is 0 Å². The Morgan fingerprint density at radius 2 is 1.76 bits per heavy atom. The van der Waals surface area contributed by atoms with Crippen LogP contribution in [-0.4, -0.2) is 12.3 Å². The highest BCUT2D eigenvalue weighted by Gasteiger charge is 2.46. The smallest absolute Gasteiger partial charge is 0.145 e. The minimum Gasteiger partial charge on any atom is -0.312 e. The third-order valence-electron chi connectivity index (χ3n) is 4.82. The van der Waals surface area contributed by atoms with E-state index in [1.807, 2.05) is 12.1 Å². The fourth-order valence-corrected chi connectivity index (χ4v) is 3.59. The van der Waals surface area contributed by atoms with Gasteiger partial charge in [-0.25, -0.2) is 0 Å². The molecule has 0 saturated heterocycles. The second-order valence-corrected chi connectivity index (χ2v) is 6.14. The Morgan fingerprint density at radius 1 is 1.00 bits per heavy atom. The standard InChI is InChI=1S/C19H19NO/c21-19(17-10-16(17)13-6-2-1-3-7-13)18-12-20-11-14-8-4-5-9-15(14)18/h1-9,16-18,20H,10-12H2. The number of rotatable bonds is 3. The molecule has 3 atom stereocenters. The van der Waals surface area contributed by atoms with Gasteiger partial charge in [0.05, 0.1) is 5.92 Å². The summed E-state index contributed by atoms with van der Waals surface area (Å²) in [4.78, 5) is 12.9. The summed E-state index contributed by atoms with van der Waals surface area (Å²) < 4.78 is 0. The number of benzene rings is 2. The van der Waals surface area contributed by atoms with Crippen LogP contribution < -0.4 is 5.32 Å². The van der Waals surface area contributed by atoms with Gasteiger partial charge in [0.2, 0.25) is 0 Å². The minimum atomic E-state index is 0.0358. The third-order valence-corrected chi connectivity index (χ3v) is 4.82. The zero-order valence-corrected chi connectivity index (χ0v) is 12.0. The van der Waals surface area contributed by atoms with E-state index in [0.29, 0.717) is 11.7 Å². The van der Waals surface area contributed by atoms with Crippen molar-refractivity contribution in [2.75, 3.05) is 6.54 Å². The van der Waals surface area contributed by atoms with E-state index in [-0.39, 0.29) is 11.8 Å². The maximum Gasteiger partial charge on any atom is 0.145 e. The molecule has 0 bridgehead atoms. The fraction of sp³-hybridized carbons (Fsp3) is 0.316. The lowest BCUT2D eigenvalue weighted by Crippen LogP contribution is -2.33. The molecule has 1 saturated carbocycles. The van der Waals surface area contributed by atoms with Gasteiger partial charge in [-0.1, -0.05) is 54.6 Å². The Balaban J connectivity index is 1.55. The van der Waals surface area contributed by atoms with Gasteiger partial charge < -0.3 is 5.32 Å². The van der Waals surface area contributed by atoms with E-state index in [1.54, 1.807) is 0 Å². The van der Waals surface area contributed by atoms with Crippen molar-refractivity contribution in [1.82, 2.24) is 5.32 Å². The summed E-state index contributed by atoms with van der Waals surface area (Å²) in [6, 6.07) is 18.8. The van der Waals surface area contributed by atoms with Crippen LogP contribution in [0.4, 0.5) is 0 Å². The normalized spacial score (nSPS) is 27.0. The molecular formula is C19H19NO. The van der Waals surface area contributed by atoms with Crippen LogP contribution >= 0.6 is 0 Å². The summed E-state index contributed by atoms with van der Waals surface area (Å²) in [5, 5.41) is 3.39. The zero-order valence-electron chi connectivity index (χ0n) is 12.0. The van der Waals surface area contributed by atoms with Gasteiger partial charge in [0.25, 0.3) is 0 Å². The molecule has 2 heteroatoms. The SMILES string of the molecule is O=C(C1CNCc2ccccc21)C1CC1c1ccccc1.